The molecule has 3 N–H and O–H groups in total. The van der Waals surface area contributed by atoms with Crippen molar-refractivity contribution in [2.75, 3.05) is 17.2 Å². The van der Waals surface area contributed by atoms with Gasteiger partial charge in [-0.1, -0.05) is 66.7 Å². The Bertz CT molecular complexity index is 901. The second-order valence-corrected chi connectivity index (χ2v) is 7.06. The smallest absolute Gasteiger partial charge is 0.279 e. The zero-order chi connectivity index (χ0) is 20.5. The first-order valence-electron chi connectivity index (χ1n) is 9.67. The molecule has 5 heteroatoms. The van der Waals surface area contributed by atoms with Crippen molar-refractivity contribution < 1.29 is 14.5 Å². The Kier molecular flexibility index (Phi) is 7.14. The molecule has 3 rings (SSSR count). The van der Waals surface area contributed by atoms with Gasteiger partial charge in [0.15, 0.2) is 6.54 Å². The fraction of sp³-hybridized carbons (Fsp3) is 0.167. The summed E-state index contributed by atoms with van der Waals surface area (Å²) in [7, 11) is 0. The van der Waals surface area contributed by atoms with Gasteiger partial charge >= 0.3 is 0 Å². The average Bonchev–Trinajstić information content (AvgIpc) is 2.69. The van der Waals surface area contributed by atoms with E-state index in [2.05, 4.69) is 34.9 Å². The van der Waals surface area contributed by atoms with E-state index in [9.17, 15) is 9.59 Å². The minimum Gasteiger partial charge on any atom is -0.326 e. The van der Waals surface area contributed by atoms with Gasteiger partial charge < -0.3 is 15.5 Å². The number of hydrogen-bond acceptors (Lipinski definition) is 2. The minimum absolute atomic E-state index is 0.0631. The van der Waals surface area contributed by atoms with Crippen LogP contribution in [-0.4, -0.2) is 18.4 Å². The van der Waals surface area contributed by atoms with Gasteiger partial charge in [0.25, 0.3) is 5.91 Å². The summed E-state index contributed by atoms with van der Waals surface area (Å²) in [4.78, 5) is 25.1. The number of amides is 2. The largest absolute Gasteiger partial charge is 0.326 e. The van der Waals surface area contributed by atoms with Gasteiger partial charge in [0, 0.05) is 29.4 Å². The molecule has 0 fully saturated rings. The number of carbonyl (C=O) groups is 2. The lowest BCUT2D eigenvalue weighted by Gasteiger charge is -2.19. The van der Waals surface area contributed by atoms with E-state index in [-0.39, 0.29) is 11.8 Å². The van der Waals surface area contributed by atoms with Gasteiger partial charge in [-0.05, 0) is 18.2 Å². The number of hydrogen-bond donors (Lipinski definition) is 3. The maximum Gasteiger partial charge on any atom is 0.279 e. The molecule has 0 radical (unpaired) electrons. The van der Waals surface area contributed by atoms with Gasteiger partial charge in [0.05, 0.1) is 0 Å². The summed E-state index contributed by atoms with van der Waals surface area (Å²) in [6.07, 6.45) is 0. The summed E-state index contributed by atoms with van der Waals surface area (Å²) in [6, 6.07) is 27.6. The zero-order valence-electron chi connectivity index (χ0n) is 16.5. The van der Waals surface area contributed by atoms with Gasteiger partial charge in [-0.2, -0.15) is 0 Å². The lowest BCUT2D eigenvalue weighted by atomic mass is 10.1. The normalized spacial score (nSPS) is 10.6. The summed E-state index contributed by atoms with van der Waals surface area (Å²) < 4.78 is 0. The van der Waals surface area contributed by atoms with E-state index in [0.717, 1.165) is 18.0 Å². The zero-order valence-corrected chi connectivity index (χ0v) is 16.5. The van der Waals surface area contributed by atoms with Crippen molar-refractivity contribution in [2.45, 2.75) is 20.0 Å². The van der Waals surface area contributed by atoms with E-state index < -0.39 is 0 Å². The third kappa shape index (κ3) is 6.90. The van der Waals surface area contributed by atoms with E-state index in [1.165, 1.54) is 18.1 Å². The first-order valence-corrected chi connectivity index (χ1v) is 9.67. The number of benzene rings is 3. The van der Waals surface area contributed by atoms with Crippen LogP contribution in [0.3, 0.4) is 0 Å². The Hall–Kier alpha value is -3.44. The molecule has 0 atom stereocenters. The predicted octanol–water partition coefficient (Wildman–Crippen LogP) is 2.87. The molecule has 2 amide bonds. The third-order valence-electron chi connectivity index (χ3n) is 4.47. The molecule has 0 spiro atoms. The van der Waals surface area contributed by atoms with Gasteiger partial charge in [0.1, 0.15) is 13.1 Å². The van der Waals surface area contributed by atoms with Crippen molar-refractivity contribution in [1.29, 1.82) is 0 Å². The van der Waals surface area contributed by atoms with Crippen LogP contribution in [0.2, 0.25) is 0 Å². The molecule has 0 aliphatic rings. The maximum atomic E-state index is 12.7. The van der Waals surface area contributed by atoms with Crippen LogP contribution in [0.15, 0.2) is 84.9 Å². The van der Waals surface area contributed by atoms with Crippen LogP contribution in [0.25, 0.3) is 0 Å². The monoisotopic (exact) mass is 388 g/mol. The third-order valence-corrected chi connectivity index (χ3v) is 4.47. The molecule has 0 aliphatic carbocycles. The Labute approximate surface area is 171 Å². The number of rotatable bonds is 8. The van der Waals surface area contributed by atoms with E-state index >= 15 is 0 Å². The highest BCUT2D eigenvalue weighted by molar-refractivity contribution is 5.93. The second-order valence-electron chi connectivity index (χ2n) is 7.06. The molecule has 0 aliphatic heterocycles. The lowest BCUT2D eigenvalue weighted by molar-refractivity contribution is -0.919. The van der Waals surface area contributed by atoms with Gasteiger partial charge in [-0.25, -0.2) is 0 Å². The summed E-state index contributed by atoms with van der Waals surface area (Å²) in [5.74, 6) is -0.207. The fourth-order valence-corrected chi connectivity index (χ4v) is 3.27. The topological polar surface area (TPSA) is 62.6 Å². The second kappa shape index (κ2) is 10.2. The predicted molar refractivity (Wildman–Crippen MR) is 115 cm³/mol. The van der Waals surface area contributed by atoms with Crippen LogP contribution >= 0.6 is 0 Å². The molecule has 0 saturated carbocycles. The van der Waals surface area contributed by atoms with Gasteiger partial charge in [0.2, 0.25) is 5.91 Å². The molecule has 0 saturated heterocycles. The first kappa shape index (κ1) is 20.3. The lowest BCUT2D eigenvalue weighted by Crippen LogP contribution is -3.10. The first-order chi connectivity index (χ1) is 14.1. The van der Waals surface area contributed by atoms with Crippen molar-refractivity contribution in [1.82, 2.24) is 0 Å². The Balaban J connectivity index is 1.67. The molecular formula is C24H26N3O2+. The van der Waals surface area contributed by atoms with Gasteiger partial charge in [-0.3, -0.25) is 9.59 Å². The van der Waals surface area contributed by atoms with E-state index in [4.69, 9.17) is 0 Å². The Morgan fingerprint density at radius 1 is 0.724 bits per heavy atom. The minimum atomic E-state index is -0.144. The van der Waals surface area contributed by atoms with E-state index in [1.54, 1.807) is 18.2 Å². The quantitative estimate of drug-likeness (QED) is 0.556. The molecule has 148 valence electrons. The SMILES string of the molecule is CC(=O)Nc1cccc(NC(=O)C[NH+](Cc2ccccc2)Cc2ccccc2)c1. The molecule has 0 aromatic heterocycles. The van der Waals surface area contributed by atoms with Crippen LogP contribution in [0.1, 0.15) is 18.1 Å². The molecule has 3 aromatic rings. The van der Waals surface area contributed by atoms with Crippen molar-refractivity contribution in [2.24, 2.45) is 0 Å². The highest BCUT2D eigenvalue weighted by Gasteiger charge is 2.16. The molecule has 5 nitrogen and oxygen atoms in total. The van der Waals surface area contributed by atoms with Crippen LogP contribution in [-0.2, 0) is 22.7 Å². The molecular weight excluding hydrogens is 362 g/mol. The van der Waals surface area contributed by atoms with Crippen LogP contribution in [0.5, 0.6) is 0 Å². The van der Waals surface area contributed by atoms with Crippen molar-refractivity contribution in [3.05, 3.63) is 96.1 Å². The number of nitrogens with one attached hydrogen (secondary N) is 3. The average molecular weight is 388 g/mol. The standard InChI is InChI=1S/C24H25N3O2/c1-19(28)25-22-13-8-14-23(15-22)26-24(29)18-27(16-20-9-4-2-5-10-20)17-21-11-6-3-7-12-21/h2-15H,16-18H2,1H3,(H,25,28)(H,26,29)/p+1. The summed E-state index contributed by atoms with van der Waals surface area (Å²) in [5, 5.41) is 5.68. The highest BCUT2D eigenvalue weighted by Crippen LogP contribution is 2.14. The van der Waals surface area contributed by atoms with E-state index in [0.29, 0.717) is 17.9 Å². The van der Waals surface area contributed by atoms with E-state index in [1.807, 2.05) is 42.5 Å². The molecule has 0 bridgehead atoms. The Morgan fingerprint density at radius 3 is 1.76 bits per heavy atom. The fourth-order valence-electron chi connectivity index (χ4n) is 3.27. The number of carbonyl (C=O) groups excluding carboxylic acids is 2. The summed E-state index contributed by atoms with van der Waals surface area (Å²) in [6.45, 7) is 3.32. The Morgan fingerprint density at radius 2 is 1.24 bits per heavy atom. The van der Waals surface area contributed by atoms with Crippen molar-refractivity contribution in [3.63, 3.8) is 0 Å². The maximum absolute atomic E-state index is 12.7. The summed E-state index contributed by atoms with van der Waals surface area (Å²) in [5.41, 5.74) is 3.71. The summed E-state index contributed by atoms with van der Waals surface area (Å²) >= 11 is 0. The highest BCUT2D eigenvalue weighted by atomic mass is 16.2. The molecule has 3 aromatic carbocycles. The molecule has 0 heterocycles. The number of quaternary nitrogens is 1. The van der Waals surface area contributed by atoms with Crippen molar-refractivity contribution >= 4 is 23.2 Å². The molecule has 0 unspecified atom stereocenters. The van der Waals surface area contributed by atoms with Crippen LogP contribution in [0.4, 0.5) is 11.4 Å². The van der Waals surface area contributed by atoms with Gasteiger partial charge in [-0.15, -0.1) is 0 Å². The van der Waals surface area contributed by atoms with Crippen LogP contribution < -0.4 is 15.5 Å². The number of anilines is 2. The van der Waals surface area contributed by atoms with Crippen molar-refractivity contribution in [3.8, 4) is 0 Å². The van der Waals surface area contributed by atoms with Crippen LogP contribution in [0, 0.1) is 0 Å². The molecule has 29 heavy (non-hydrogen) atoms.